The van der Waals surface area contributed by atoms with Gasteiger partial charge in [-0.3, -0.25) is 4.72 Å². The lowest BCUT2D eigenvalue weighted by atomic mass is 11.0. The lowest BCUT2D eigenvalue weighted by molar-refractivity contribution is 1.38. The van der Waals surface area contributed by atoms with Gasteiger partial charge in [0.1, 0.15) is 12.1 Å². The standard InChI is InChI=1S/C2H3N2S/c1-2-4-5-3-1/h1,3-4H/q+1. The molecule has 2 N–H and O–H groups in total. The molecule has 1 heterocycles. The van der Waals surface area contributed by atoms with Gasteiger partial charge in [-0.2, -0.15) is 0 Å². The molecule has 0 spiro atoms. The van der Waals surface area contributed by atoms with Crippen molar-refractivity contribution in [3.05, 3.63) is 12.4 Å². The molecule has 0 saturated heterocycles. The molecule has 1 aliphatic rings. The molecular formula is C2H3N2S+. The Bertz CT molecular complexity index is 45.6. The van der Waals surface area contributed by atoms with Crippen LogP contribution in [0.5, 0.6) is 0 Å². The van der Waals surface area contributed by atoms with Crippen molar-refractivity contribution < 1.29 is 0 Å². The molecule has 26 valence electrons. The lowest BCUT2D eigenvalue weighted by Gasteiger charge is -1.68. The van der Waals surface area contributed by atoms with Crippen LogP contribution in [0.2, 0.25) is 0 Å². The van der Waals surface area contributed by atoms with Crippen molar-refractivity contribution >= 4 is 12.1 Å². The number of hydrogen-bond acceptors (Lipinski definition) is 3. The first kappa shape index (κ1) is 2.82. The van der Waals surface area contributed by atoms with Gasteiger partial charge in [0, 0.05) is 0 Å². The molecule has 0 saturated carbocycles. The molecule has 0 aromatic rings. The number of rotatable bonds is 0. The van der Waals surface area contributed by atoms with E-state index in [1.54, 1.807) is 6.20 Å². The maximum Gasteiger partial charge on any atom is 0.401 e. The summed E-state index contributed by atoms with van der Waals surface area (Å²) in [6, 6.07) is 0. The Labute approximate surface area is 34.9 Å². The molecule has 0 aliphatic carbocycles. The van der Waals surface area contributed by atoms with E-state index in [2.05, 4.69) is 15.6 Å². The maximum absolute atomic E-state index is 2.79. The van der Waals surface area contributed by atoms with Crippen molar-refractivity contribution in [3.8, 4) is 0 Å². The Morgan fingerprint density at radius 2 is 2.80 bits per heavy atom. The van der Waals surface area contributed by atoms with Crippen molar-refractivity contribution in [2.45, 2.75) is 0 Å². The molecule has 0 aromatic heterocycles. The molecule has 0 amide bonds. The second-order valence-electron chi connectivity index (χ2n) is 0.611. The Hall–Kier alpha value is -0.400. The first-order valence-corrected chi connectivity index (χ1v) is 2.05. The number of hydrogen-bond donors (Lipinski definition) is 2. The zero-order valence-electron chi connectivity index (χ0n) is 2.49. The normalized spacial score (nSPS) is 16.0. The Morgan fingerprint density at radius 3 is 3.00 bits per heavy atom. The van der Waals surface area contributed by atoms with Crippen LogP contribution in [-0.4, -0.2) is 0 Å². The number of nitrogens with one attached hydrogen (secondary N) is 2. The van der Waals surface area contributed by atoms with Gasteiger partial charge in [0.2, 0.25) is 0 Å². The van der Waals surface area contributed by atoms with E-state index in [1.165, 1.54) is 12.1 Å². The van der Waals surface area contributed by atoms with E-state index in [1.807, 2.05) is 0 Å². The Kier molecular flexibility index (Phi) is 0.648. The molecular weight excluding hydrogens is 84.1 g/mol. The van der Waals surface area contributed by atoms with Gasteiger partial charge < -0.3 is 0 Å². The highest BCUT2D eigenvalue weighted by Gasteiger charge is 1.98. The second kappa shape index (κ2) is 1.15. The van der Waals surface area contributed by atoms with Crippen LogP contribution < -0.4 is 9.44 Å². The van der Waals surface area contributed by atoms with Gasteiger partial charge in [-0.15, -0.1) is 4.72 Å². The smallest absolute Gasteiger partial charge is 0.269 e. The SMILES string of the molecule is [C+]1=CNSN1. The molecule has 0 radical (unpaired) electrons. The van der Waals surface area contributed by atoms with Crippen molar-refractivity contribution in [3.63, 3.8) is 0 Å². The molecule has 5 heavy (non-hydrogen) atoms. The average molecular weight is 87.1 g/mol. The van der Waals surface area contributed by atoms with Gasteiger partial charge in [-0.25, -0.2) is 0 Å². The highest BCUT2D eigenvalue weighted by atomic mass is 32.2. The molecule has 0 fully saturated rings. The van der Waals surface area contributed by atoms with Gasteiger partial charge in [0.25, 0.3) is 6.20 Å². The highest BCUT2D eigenvalue weighted by Crippen LogP contribution is 1.88. The summed E-state index contributed by atoms with van der Waals surface area (Å²) in [5.74, 6) is 0. The molecule has 2 nitrogen and oxygen atoms in total. The van der Waals surface area contributed by atoms with Crippen molar-refractivity contribution in [2.75, 3.05) is 0 Å². The quantitative estimate of drug-likeness (QED) is 0.321. The highest BCUT2D eigenvalue weighted by molar-refractivity contribution is 7.95. The summed E-state index contributed by atoms with van der Waals surface area (Å²) in [5.41, 5.74) is 0. The van der Waals surface area contributed by atoms with Crippen LogP contribution in [0.4, 0.5) is 0 Å². The third-order valence-electron chi connectivity index (χ3n) is 0.300. The van der Waals surface area contributed by atoms with Crippen LogP contribution in [0.25, 0.3) is 0 Å². The van der Waals surface area contributed by atoms with E-state index in [9.17, 15) is 0 Å². The summed E-state index contributed by atoms with van der Waals surface area (Å²) in [6.45, 7) is 0. The predicted molar refractivity (Wildman–Crippen MR) is 21.7 cm³/mol. The Morgan fingerprint density at radius 1 is 1.80 bits per heavy atom. The predicted octanol–water partition coefficient (Wildman–Crippen LogP) is 0.0168. The molecule has 0 unspecified atom stereocenters. The van der Waals surface area contributed by atoms with Crippen LogP contribution in [-0.2, 0) is 0 Å². The minimum absolute atomic E-state index is 1.41. The third-order valence-corrected chi connectivity index (χ3v) is 0.756. The molecule has 0 bridgehead atoms. The first-order chi connectivity index (χ1) is 2.50. The fourth-order valence-corrected chi connectivity index (χ4v) is 0.442. The fourth-order valence-electron chi connectivity index (χ4n) is 0.147. The summed E-state index contributed by atoms with van der Waals surface area (Å²) in [6.07, 6.45) is 4.41. The van der Waals surface area contributed by atoms with Gasteiger partial charge in [-0.1, -0.05) is 0 Å². The molecule has 1 rings (SSSR count). The van der Waals surface area contributed by atoms with E-state index in [4.69, 9.17) is 0 Å². The van der Waals surface area contributed by atoms with Gasteiger partial charge >= 0.3 is 6.20 Å². The summed E-state index contributed by atoms with van der Waals surface area (Å²) in [7, 11) is 0. The van der Waals surface area contributed by atoms with E-state index in [0.717, 1.165) is 0 Å². The van der Waals surface area contributed by atoms with E-state index in [0.29, 0.717) is 0 Å². The third kappa shape index (κ3) is 0.436. The average Bonchev–Trinajstić information content (AvgIpc) is 1.76. The zero-order chi connectivity index (χ0) is 3.54. The van der Waals surface area contributed by atoms with Crippen molar-refractivity contribution in [2.24, 2.45) is 0 Å². The van der Waals surface area contributed by atoms with Crippen LogP contribution in [0.15, 0.2) is 6.20 Å². The van der Waals surface area contributed by atoms with E-state index in [-0.39, 0.29) is 0 Å². The zero-order valence-corrected chi connectivity index (χ0v) is 3.30. The van der Waals surface area contributed by atoms with E-state index >= 15 is 0 Å². The fraction of sp³-hybridized carbons (Fsp3) is 0. The summed E-state index contributed by atoms with van der Waals surface area (Å²) >= 11 is 1.41. The summed E-state index contributed by atoms with van der Waals surface area (Å²) < 4.78 is 5.51. The van der Waals surface area contributed by atoms with Gasteiger partial charge in [0.15, 0.2) is 0 Å². The van der Waals surface area contributed by atoms with Crippen LogP contribution in [0, 0.1) is 6.20 Å². The molecule has 0 atom stereocenters. The van der Waals surface area contributed by atoms with E-state index < -0.39 is 0 Å². The monoisotopic (exact) mass is 87.0 g/mol. The summed E-state index contributed by atoms with van der Waals surface area (Å²) in [4.78, 5) is 0. The van der Waals surface area contributed by atoms with Crippen molar-refractivity contribution in [1.82, 2.24) is 9.44 Å². The lowest BCUT2D eigenvalue weighted by Crippen LogP contribution is -1.87. The van der Waals surface area contributed by atoms with Gasteiger partial charge in [0.05, 0.1) is 0 Å². The van der Waals surface area contributed by atoms with Crippen molar-refractivity contribution in [1.29, 1.82) is 0 Å². The largest absolute Gasteiger partial charge is 0.401 e. The first-order valence-electron chi connectivity index (χ1n) is 1.24. The maximum atomic E-state index is 2.79. The minimum Gasteiger partial charge on any atom is -0.269 e. The molecule has 0 aromatic carbocycles. The van der Waals surface area contributed by atoms with Crippen LogP contribution in [0.3, 0.4) is 0 Å². The molecule has 3 heteroatoms. The van der Waals surface area contributed by atoms with Crippen LogP contribution in [0.1, 0.15) is 0 Å². The summed E-state index contributed by atoms with van der Waals surface area (Å²) in [5, 5.41) is 0. The molecule has 1 aliphatic heterocycles. The minimum atomic E-state index is 1.41. The topological polar surface area (TPSA) is 24.1 Å². The van der Waals surface area contributed by atoms with Crippen LogP contribution >= 0.6 is 12.1 Å². The Balaban J connectivity index is 2.32. The van der Waals surface area contributed by atoms with Gasteiger partial charge in [-0.05, 0) is 0 Å². The second-order valence-corrected chi connectivity index (χ2v) is 1.25.